The SMILES string of the molecule is CCOC(=O)C(NC)C(=O)OCCNC. The summed E-state index contributed by atoms with van der Waals surface area (Å²) in [5.41, 5.74) is 0. The second-order valence-electron chi connectivity index (χ2n) is 2.74. The van der Waals surface area contributed by atoms with E-state index in [9.17, 15) is 9.59 Å². The molecule has 0 aromatic carbocycles. The van der Waals surface area contributed by atoms with Crippen LogP contribution in [0.1, 0.15) is 6.92 Å². The number of carbonyl (C=O) groups is 2. The van der Waals surface area contributed by atoms with Crippen molar-refractivity contribution in [2.24, 2.45) is 0 Å². The van der Waals surface area contributed by atoms with E-state index in [4.69, 9.17) is 9.47 Å². The summed E-state index contributed by atoms with van der Waals surface area (Å²) in [6.45, 7) is 2.69. The van der Waals surface area contributed by atoms with Crippen LogP contribution < -0.4 is 10.6 Å². The molecule has 0 aromatic rings. The van der Waals surface area contributed by atoms with Gasteiger partial charge in [-0.15, -0.1) is 0 Å². The van der Waals surface area contributed by atoms with Crippen LogP contribution in [0.25, 0.3) is 0 Å². The van der Waals surface area contributed by atoms with Crippen LogP contribution >= 0.6 is 0 Å². The van der Waals surface area contributed by atoms with E-state index in [1.807, 2.05) is 0 Å². The summed E-state index contributed by atoms with van der Waals surface area (Å²) in [7, 11) is 3.25. The summed E-state index contributed by atoms with van der Waals surface area (Å²) in [4.78, 5) is 22.6. The number of ether oxygens (including phenoxy) is 2. The van der Waals surface area contributed by atoms with Crippen molar-refractivity contribution in [1.82, 2.24) is 10.6 Å². The van der Waals surface area contributed by atoms with Crippen molar-refractivity contribution in [3.63, 3.8) is 0 Å². The van der Waals surface area contributed by atoms with Crippen molar-refractivity contribution in [2.45, 2.75) is 13.0 Å². The fourth-order valence-corrected chi connectivity index (χ4v) is 0.895. The molecular formula is C9H18N2O4. The summed E-state index contributed by atoms with van der Waals surface area (Å²) in [6.07, 6.45) is 0. The van der Waals surface area contributed by atoms with E-state index in [0.29, 0.717) is 6.54 Å². The van der Waals surface area contributed by atoms with Gasteiger partial charge >= 0.3 is 11.9 Å². The highest BCUT2D eigenvalue weighted by molar-refractivity contribution is 5.99. The molecule has 0 heterocycles. The molecule has 0 fully saturated rings. The van der Waals surface area contributed by atoms with Crippen LogP contribution in [0.15, 0.2) is 0 Å². The summed E-state index contributed by atoms with van der Waals surface area (Å²) < 4.78 is 9.54. The third-order valence-corrected chi connectivity index (χ3v) is 1.64. The molecule has 0 spiro atoms. The Bertz CT molecular complexity index is 208. The van der Waals surface area contributed by atoms with E-state index in [-0.39, 0.29) is 13.2 Å². The van der Waals surface area contributed by atoms with Crippen LogP contribution in [0.3, 0.4) is 0 Å². The molecule has 15 heavy (non-hydrogen) atoms. The zero-order valence-electron chi connectivity index (χ0n) is 9.33. The summed E-state index contributed by atoms with van der Waals surface area (Å²) in [5.74, 6) is -1.24. The lowest BCUT2D eigenvalue weighted by atomic mass is 10.3. The molecule has 1 unspecified atom stereocenters. The summed E-state index contributed by atoms with van der Waals surface area (Å²) >= 11 is 0. The van der Waals surface area contributed by atoms with Gasteiger partial charge in [-0.2, -0.15) is 0 Å². The fraction of sp³-hybridized carbons (Fsp3) is 0.778. The number of hydrogen-bond donors (Lipinski definition) is 2. The van der Waals surface area contributed by atoms with E-state index < -0.39 is 18.0 Å². The van der Waals surface area contributed by atoms with Crippen LogP contribution in [0.2, 0.25) is 0 Å². The maximum Gasteiger partial charge on any atom is 0.334 e. The lowest BCUT2D eigenvalue weighted by molar-refractivity contribution is -0.157. The van der Waals surface area contributed by atoms with E-state index >= 15 is 0 Å². The van der Waals surface area contributed by atoms with Crippen molar-refractivity contribution in [3.8, 4) is 0 Å². The molecule has 0 saturated carbocycles. The highest BCUT2D eigenvalue weighted by atomic mass is 16.6. The standard InChI is InChI=1S/C9H18N2O4/c1-4-14-8(12)7(11-3)9(13)15-6-5-10-2/h7,10-11H,4-6H2,1-3H3. The maximum atomic E-state index is 11.4. The average Bonchev–Trinajstić information content (AvgIpc) is 2.19. The molecule has 0 saturated heterocycles. The van der Waals surface area contributed by atoms with Gasteiger partial charge in [0.1, 0.15) is 6.61 Å². The van der Waals surface area contributed by atoms with Gasteiger partial charge in [0.25, 0.3) is 0 Å². The van der Waals surface area contributed by atoms with Gasteiger partial charge < -0.3 is 14.8 Å². The Labute approximate surface area is 89.3 Å². The Morgan fingerprint density at radius 2 is 1.80 bits per heavy atom. The average molecular weight is 218 g/mol. The minimum atomic E-state index is -1.04. The van der Waals surface area contributed by atoms with Crippen molar-refractivity contribution >= 4 is 11.9 Å². The zero-order valence-corrected chi connectivity index (χ0v) is 9.33. The summed E-state index contributed by atoms with van der Waals surface area (Å²) in [6, 6.07) is -1.04. The molecule has 0 radical (unpaired) electrons. The Morgan fingerprint density at radius 1 is 1.20 bits per heavy atom. The van der Waals surface area contributed by atoms with Gasteiger partial charge in [0.15, 0.2) is 0 Å². The number of rotatable bonds is 7. The summed E-state index contributed by atoms with van der Waals surface area (Å²) in [5, 5.41) is 5.36. The zero-order chi connectivity index (χ0) is 11.7. The molecule has 0 bridgehead atoms. The number of carbonyl (C=O) groups excluding carboxylic acids is 2. The van der Waals surface area contributed by atoms with Gasteiger partial charge in [-0.3, -0.25) is 5.32 Å². The molecular weight excluding hydrogens is 200 g/mol. The Balaban J connectivity index is 4.03. The van der Waals surface area contributed by atoms with Crippen molar-refractivity contribution < 1.29 is 19.1 Å². The third kappa shape index (κ3) is 5.34. The van der Waals surface area contributed by atoms with Crippen LogP contribution in [-0.4, -0.2) is 51.8 Å². The number of likely N-dealkylation sites (N-methyl/N-ethyl adjacent to an activating group) is 2. The minimum Gasteiger partial charge on any atom is -0.464 e. The molecule has 0 amide bonds. The van der Waals surface area contributed by atoms with Gasteiger partial charge in [0, 0.05) is 6.54 Å². The first-order valence-corrected chi connectivity index (χ1v) is 4.82. The number of esters is 2. The van der Waals surface area contributed by atoms with Crippen molar-refractivity contribution in [1.29, 1.82) is 0 Å². The second kappa shape index (κ2) is 8.19. The lowest BCUT2D eigenvalue weighted by Crippen LogP contribution is -2.44. The highest BCUT2D eigenvalue weighted by Crippen LogP contribution is 1.93. The van der Waals surface area contributed by atoms with Gasteiger partial charge in [0.2, 0.25) is 6.04 Å². The first-order valence-electron chi connectivity index (χ1n) is 4.82. The molecule has 2 N–H and O–H groups in total. The van der Waals surface area contributed by atoms with Gasteiger partial charge in [-0.25, -0.2) is 9.59 Å². The molecule has 1 atom stereocenters. The molecule has 0 aromatic heterocycles. The molecule has 6 heteroatoms. The monoisotopic (exact) mass is 218 g/mol. The van der Waals surface area contributed by atoms with E-state index in [2.05, 4.69) is 10.6 Å². The van der Waals surface area contributed by atoms with Gasteiger partial charge in [-0.1, -0.05) is 0 Å². The largest absolute Gasteiger partial charge is 0.464 e. The quantitative estimate of drug-likeness (QED) is 0.321. The first-order chi connectivity index (χ1) is 7.17. The number of nitrogens with one attached hydrogen (secondary N) is 2. The number of hydrogen-bond acceptors (Lipinski definition) is 6. The first kappa shape index (κ1) is 13.9. The van der Waals surface area contributed by atoms with Gasteiger partial charge in [-0.05, 0) is 21.0 Å². The molecule has 88 valence electrons. The Hall–Kier alpha value is -1.14. The Kier molecular flexibility index (Phi) is 7.57. The predicted molar refractivity (Wildman–Crippen MR) is 54.4 cm³/mol. The van der Waals surface area contributed by atoms with Crippen LogP contribution in [0.4, 0.5) is 0 Å². The maximum absolute atomic E-state index is 11.4. The van der Waals surface area contributed by atoms with E-state index in [0.717, 1.165) is 0 Å². The second-order valence-corrected chi connectivity index (χ2v) is 2.74. The normalized spacial score (nSPS) is 11.9. The lowest BCUT2D eigenvalue weighted by Gasteiger charge is -2.13. The molecule has 0 aliphatic rings. The molecule has 0 aliphatic heterocycles. The smallest absolute Gasteiger partial charge is 0.334 e. The highest BCUT2D eigenvalue weighted by Gasteiger charge is 2.27. The van der Waals surface area contributed by atoms with Crippen LogP contribution in [0.5, 0.6) is 0 Å². The van der Waals surface area contributed by atoms with Crippen molar-refractivity contribution in [3.05, 3.63) is 0 Å². The molecule has 6 nitrogen and oxygen atoms in total. The van der Waals surface area contributed by atoms with Crippen LogP contribution in [-0.2, 0) is 19.1 Å². The van der Waals surface area contributed by atoms with E-state index in [1.165, 1.54) is 7.05 Å². The fourth-order valence-electron chi connectivity index (χ4n) is 0.895. The molecule has 0 aliphatic carbocycles. The topological polar surface area (TPSA) is 76.7 Å². The Morgan fingerprint density at radius 3 is 2.27 bits per heavy atom. The molecule has 0 rings (SSSR count). The van der Waals surface area contributed by atoms with Crippen LogP contribution in [0, 0.1) is 0 Å². The van der Waals surface area contributed by atoms with Gasteiger partial charge in [0.05, 0.1) is 6.61 Å². The third-order valence-electron chi connectivity index (χ3n) is 1.64. The van der Waals surface area contributed by atoms with Crippen molar-refractivity contribution in [2.75, 3.05) is 33.9 Å². The predicted octanol–water partition coefficient (Wildman–Crippen LogP) is -1.10. The van der Waals surface area contributed by atoms with E-state index in [1.54, 1.807) is 14.0 Å². The minimum absolute atomic E-state index is 0.229.